The zero-order valence-corrected chi connectivity index (χ0v) is 35.7. The number of rotatable bonds is 14. The number of aromatic nitrogens is 4. The van der Waals surface area contributed by atoms with Crippen molar-refractivity contribution >= 4 is 95.6 Å². The van der Waals surface area contributed by atoms with Crippen LogP contribution in [0.4, 0.5) is 0 Å². The van der Waals surface area contributed by atoms with Crippen molar-refractivity contribution in [1.29, 1.82) is 0 Å². The van der Waals surface area contributed by atoms with Crippen molar-refractivity contribution in [3.8, 4) is 0 Å². The van der Waals surface area contributed by atoms with E-state index in [1.165, 1.54) is 59.9 Å². The van der Waals surface area contributed by atoms with Gasteiger partial charge < -0.3 is 77.6 Å². The lowest BCUT2D eigenvalue weighted by Gasteiger charge is -2.21. The van der Waals surface area contributed by atoms with Crippen LogP contribution in [0, 0.1) is 0 Å². The summed E-state index contributed by atoms with van der Waals surface area (Å²) >= 11 is 24.0. The minimum atomic E-state index is -5.00. The van der Waals surface area contributed by atoms with Crippen LogP contribution in [0.15, 0.2) is 36.9 Å². The summed E-state index contributed by atoms with van der Waals surface area (Å²) < 4.78 is 56.4. The summed E-state index contributed by atoms with van der Waals surface area (Å²) in [4.78, 5) is 69.2. The van der Waals surface area contributed by atoms with E-state index < -0.39 is 101 Å². The van der Waals surface area contributed by atoms with Gasteiger partial charge in [-0.3, -0.25) is 9.13 Å². The molecule has 0 saturated carbocycles. The average Bonchev–Trinajstić information content (AvgIpc) is 3.89. The Kier molecular flexibility index (Phi) is 16.1. The second-order valence-corrected chi connectivity index (χ2v) is 17.9. The van der Waals surface area contributed by atoms with Gasteiger partial charge in [-0.1, -0.05) is 46.4 Å². The Morgan fingerprint density at radius 3 is 1.30 bits per heavy atom. The molecule has 2 unspecified atom stereocenters. The third kappa shape index (κ3) is 10.8. The number of ether oxygens (including phenoxy) is 6. The molecule has 8 N–H and O–H groups in total. The maximum atomic E-state index is 11.8. The van der Waals surface area contributed by atoms with Gasteiger partial charge in [0.1, 0.15) is 36.6 Å². The van der Waals surface area contributed by atoms with Gasteiger partial charge in [0.2, 0.25) is 0 Å². The Bertz CT molecular complexity index is 2120. The molecule has 0 aliphatic carbocycles. The Morgan fingerprint density at radius 2 is 0.983 bits per heavy atom. The molecule has 0 bridgehead atoms. The van der Waals surface area contributed by atoms with Gasteiger partial charge >= 0.3 is 27.1 Å². The van der Waals surface area contributed by atoms with Crippen LogP contribution in [-0.2, 0) is 47.1 Å². The molecule has 2 fully saturated rings. The number of esters is 2. The fourth-order valence-electron chi connectivity index (χ4n) is 6.05. The van der Waals surface area contributed by atoms with E-state index in [9.17, 15) is 58.7 Å². The molecule has 10 atom stereocenters. The van der Waals surface area contributed by atoms with E-state index in [4.69, 9.17) is 65.4 Å². The number of carbonyl (C=O) groups is 2. The summed E-state index contributed by atoms with van der Waals surface area (Å²) in [5.74, 6) is -6.86. The lowest BCUT2D eigenvalue weighted by molar-refractivity contribution is -0.156. The van der Waals surface area contributed by atoms with Gasteiger partial charge in [-0.05, 0) is 38.1 Å². The van der Waals surface area contributed by atoms with E-state index in [0.29, 0.717) is 22.1 Å². The topological polar surface area (TPSA) is 321 Å². The van der Waals surface area contributed by atoms with Gasteiger partial charge in [-0.15, -0.1) is 0 Å². The normalized spacial score (nSPS) is 25.6. The first-order valence-electron chi connectivity index (χ1n) is 17.4. The van der Waals surface area contributed by atoms with Crippen molar-refractivity contribution in [3.05, 3.63) is 57.0 Å². The van der Waals surface area contributed by atoms with Crippen LogP contribution in [0.1, 0.15) is 26.3 Å². The number of nitrogens with zero attached hydrogens (tertiary/aromatic N) is 4. The number of aliphatic hydroxyl groups is 4. The zero-order chi connectivity index (χ0) is 44.4. The highest BCUT2D eigenvalue weighted by Gasteiger charge is 2.48. The summed E-state index contributed by atoms with van der Waals surface area (Å²) in [6.07, 6.45) is -7.70. The molecule has 2 saturated heterocycles. The van der Waals surface area contributed by atoms with Gasteiger partial charge in [-0.25, -0.2) is 19.6 Å². The summed E-state index contributed by atoms with van der Waals surface area (Å²) in [6.45, 7) is 1.53. The van der Waals surface area contributed by atoms with E-state index >= 15 is 0 Å². The highest BCUT2D eigenvalue weighted by Crippen LogP contribution is 2.45. The van der Waals surface area contributed by atoms with Gasteiger partial charge in [0, 0.05) is 0 Å². The molecule has 4 heterocycles. The van der Waals surface area contributed by atoms with Crippen molar-refractivity contribution in [2.24, 2.45) is 0 Å². The molecule has 60 heavy (non-hydrogen) atoms. The Balaban J connectivity index is 0.000000228. The third-order valence-corrected chi connectivity index (χ3v) is 12.3. The first-order valence-corrected chi connectivity index (χ1v) is 22.3. The zero-order valence-electron chi connectivity index (χ0n) is 30.9. The Labute approximate surface area is 358 Å². The molecule has 332 valence electrons. The number of imidazole rings is 2. The van der Waals surface area contributed by atoms with Crippen molar-refractivity contribution in [2.75, 3.05) is 26.4 Å². The summed E-state index contributed by atoms with van der Waals surface area (Å²) in [5.41, 5.74) is 1.89. The van der Waals surface area contributed by atoms with E-state index in [1.807, 2.05) is 0 Å². The largest absolute Gasteiger partial charge is 0.464 e. The Hall–Kier alpha value is -2.54. The SMILES string of the molecule is CCOC(=O)C(OC[C@H]1O[C@@H](n2cnc3cc(Cl)c(Cl)cc32)[C@H](O)[C@@H]1O)P(=O)(O)O.CCOC(=O)C(OC[C@H]1O[C@@H](n2cnc3cc(Cl)c(Cl)cc32)[C@H](O)[C@@H]1O)P(=O)(O)O. The molecule has 2 aromatic carbocycles. The minimum Gasteiger partial charge on any atom is -0.464 e. The molecule has 0 spiro atoms. The quantitative estimate of drug-likeness (QED) is 0.0662. The average molecular weight is 970 g/mol. The number of halogens is 4. The van der Waals surface area contributed by atoms with Crippen molar-refractivity contribution in [2.45, 2.75) is 74.6 Å². The number of aliphatic hydroxyl groups excluding tert-OH is 4. The van der Waals surface area contributed by atoms with Crippen LogP contribution < -0.4 is 0 Å². The van der Waals surface area contributed by atoms with E-state index in [0.717, 1.165) is 0 Å². The minimum absolute atomic E-state index is 0.109. The summed E-state index contributed by atoms with van der Waals surface area (Å²) in [7, 11) is -10.00. The van der Waals surface area contributed by atoms with Crippen molar-refractivity contribution in [3.63, 3.8) is 0 Å². The standard InChI is InChI=1S/2C16H19Cl2N2O9P/c2*1-2-27-15(23)16(30(24,25)26)28-5-11-12(21)13(22)14(29-11)20-6-19-9-3-7(17)8(18)4-10(9)20/h2*3-4,6,11-14,16,21-22H,2,5H2,1H3,(H2,24,25,26)/t2*11-,12-,13-,14-,16?/m11/s1. The van der Waals surface area contributed by atoms with E-state index in [1.54, 1.807) is 0 Å². The molecule has 4 aromatic rings. The lowest BCUT2D eigenvalue weighted by atomic mass is 10.1. The first kappa shape index (κ1) is 48.5. The molecule has 0 amide bonds. The van der Waals surface area contributed by atoms with Crippen LogP contribution in [0.25, 0.3) is 22.1 Å². The highest BCUT2D eigenvalue weighted by atomic mass is 35.5. The van der Waals surface area contributed by atoms with Gasteiger partial charge in [-0.2, -0.15) is 0 Å². The van der Waals surface area contributed by atoms with Crippen LogP contribution in [0.2, 0.25) is 20.1 Å². The first-order chi connectivity index (χ1) is 28.1. The number of benzene rings is 2. The van der Waals surface area contributed by atoms with Gasteiger partial charge in [0.25, 0.3) is 11.7 Å². The molecular weight excluding hydrogens is 932 g/mol. The van der Waals surface area contributed by atoms with Crippen molar-refractivity contribution in [1.82, 2.24) is 19.1 Å². The fourth-order valence-corrected chi connectivity index (χ4v) is 7.94. The molecule has 2 aromatic heterocycles. The molecule has 2 aliphatic heterocycles. The second-order valence-electron chi connectivity index (χ2n) is 13.0. The molecule has 28 heteroatoms. The van der Waals surface area contributed by atoms with Crippen LogP contribution in [0.3, 0.4) is 0 Å². The van der Waals surface area contributed by atoms with Crippen LogP contribution in [0.5, 0.6) is 0 Å². The maximum Gasteiger partial charge on any atom is 0.365 e. The molecule has 0 radical (unpaired) electrons. The molecule has 2 aliphatic rings. The maximum absolute atomic E-state index is 11.8. The molecular formula is C32H38Cl4N4O18P2. The number of fused-ring (bicyclic) bond motifs is 2. The van der Waals surface area contributed by atoms with Gasteiger partial charge in [0.15, 0.2) is 12.5 Å². The number of hydrogen-bond acceptors (Lipinski definition) is 16. The lowest BCUT2D eigenvalue weighted by Crippen LogP contribution is -2.36. The summed E-state index contributed by atoms with van der Waals surface area (Å²) in [6, 6.07) is 6.09. The Morgan fingerprint density at radius 1 is 0.650 bits per heavy atom. The summed E-state index contributed by atoms with van der Waals surface area (Å²) in [5, 5.41) is 42.5. The fraction of sp³-hybridized carbons (Fsp3) is 0.500. The van der Waals surface area contributed by atoms with E-state index in [-0.39, 0.29) is 33.3 Å². The van der Waals surface area contributed by atoms with Crippen LogP contribution >= 0.6 is 61.6 Å². The predicted octanol–water partition coefficient (Wildman–Crippen LogP) is 2.09. The van der Waals surface area contributed by atoms with Crippen molar-refractivity contribution < 1.29 is 87.1 Å². The molecule has 6 rings (SSSR count). The number of hydrogen-bond donors (Lipinski definition) is 8. The molecule has 22 nitrogen and oxygen atoms in total. The third-order valence-electron chi connectivity index (χ3n) is 8.88. The smallest absolute Gasteiger partial charge is 0.365 e. The van der Waals surface area contributed by atoms with Crippen LogP contribution in [-0.4, -0.2) is 146 Å². The second kappa shape index (κ2) is 19.9. The highest BCUT2D eigenvalue weighted by molar-refractivity contribution is 7.53. The number of carbonyl (C=O) groups excluding carboxylic acids is 2. The van der Waals surface area contributed by atoms with E-state index in [2.05, 4.69) is 19.4 Å². The monoisotopic (exact) mass is 968 g/mol. The van der Waals surface area contributed by atoms with Gasteiger partial charge in [0.05, 0.1) is 81.2 Å². The predicted molar refractivity (Wildman–Crippen MR) is 208 cm³/mol.